The van der Waals surface area contributed by atoms with E-state index in [1.165, 1.54) is 20.1 Å². The lowest BCUT2D eigenvalue weighted by Gasteiger charge is -2.23. The van der Waals surface area contributed by atoms with Gasteiger partial charge in [-0.1, -0.05) is 6.07 Å². The van der Waals surface area contributed by atoms with Crippen molar-refractivity contribution in [2.45, 2.75) is 38.5 Å². The highest BCUT2D eigenvalue weighted by atomic mass is 19.4. The van der Waals surface area contributed by atoms with E-state index in [-0.39, 0.29) is 23.2 Å². The molecule has 0 unspecified atom stereocenters. The van der Waals surface area contributed by atoms with Crippen LogP contribution < -0.4 is 4.74 Å². The number of fused-ring (bicyclic) bond motifs is 1. The molecule has 9 heteroatoms. The Morgan fingerprint density at radius 1 is 1.21 bits per heavy atom. The molecule has 1 aliphatic rings. The molecule has 5 nitrogen and oxygen atoms in total. The summed E-state index contributed by atoms with van der Waals surface area (Å²) in [6.07, 6.45) is -2.94. The van der Waals surface area contributed by atoms with Gasteiger partial charge < -0.3 is 4.74 Å². The maximum absolute atomic E-state index is 14.4. The van der Waals surface area contributed by atoms with Crippen LogP contribution in [0.1, 0.15) is 41.5 Å². The molecule has 0 N–H and O–H groups in total. The molecule has 29 heavy (non-hydrogen) atoms. The molecule has 4 rings (SSSR count). The predicted octanol–water partition coefficient (Wildman–Crippen LogP) is 4.54. The first-order valence-corrected chi connectivity index (χ1v) is 9.27. The van der Waals surface area contributed by atoms with E-state index in [2.05, 4.69) is 10.1 Å². The van der Waals surface area contributed by atoms with E-state index in [1.54, 1.807) is 18.2 Å². The average molecular weight is 408 g/mol. The maximum Gasteiger partial charge on any atom is 0.433 e. The van der Waals surface area contributed by atoms with E-state index in [1.807, 2.05) is 4.90 Å². The van der Waals surface area contributed by atoms with Gasteiger partial charge in [0, 0.05) is 29.9 Å². The molecule has 1 saturated heterocycles. The molecular formula is C20H20F4N4O. The Labute approximate surface area is 164 Å². The normalized spacial score (nSPS) is 17.9. The van der Waals surface area contributed by atoms with Gasteiger partial charge in [-0.25, -0.2) is 13.9 Å². The van der Waals surface area contributed by atoms with Gasteiger partial charge in [0.05, 0.1) is 18.8 Å². The first-order chi connectivity index (χ1) is 13.8. The van der Waals surface area contributed by atoms with E-state index in [0.29, 0.717) is 30.1 Å². The number of likely N-dealkylation sites (tertiary alicyclic amines) is 1. The molecule has 1 aliphatic heterocycles. The van der Waals surface area contributed by atoms with Crippen molar-refractivity contribution in [3.63, 3.8) is 0 Å². The highest BCUT2D eigenvalue weighted by Gasteiger charge is 2.36. The number of alkyl halides is 3. The molecule has 154 valence electrons. The van der Waals surface area contributed by atoms with Crippen molar-refractivity contribution in [2.24, 2.45) is 0 Å². The molecule has 0 aliphatic carbocycles. The monoisotopic (exact) mass is 408 g/mol. The van der Waals surface area contributed by atoms with Crippen LogP contribution in [0.15, 0.2) is 30.3 Å². The van der Waals surface area contributed by atoms with Crippen molar-refractivity contribution < 1.29 is 22.3 Å². The van der Waals surface area contributed by atoms with Gasteiger partial charge in [-0.05, 0) is 38.4 Å². The van der Waals surface area contributed by atoms with Crippen LogP contribution in [-0.4, -0.2) is 33.2 Å². The maximum atomic E-state index is 14.4. The summed E-state index contributed by atoms with van der Waals surface area (Å²) in [5.74, 6) is 0.0624. The standard InChI is InChI=1S/C20H20F4N4O/c1-12-8-18(20(22,23)24)28-19(25-12)10-16(26-28)17-4-3-7-27(17)11-13-5-6-14(29-2)9-15(13)21/h5-6,8-10,17H,3-4,7,11H2,1-2H3/t17-/m1/s1. The van der Waals surface area contributed by atoms with Crippen molar-refractivity contribution in [3.05, 3.63) is 58.8 Å². The molecule has 1 fully saturated rings. The van der Waals surface area contributed by atoms with Crippen LogP contribution in [0.2, 0.25) is 0 Å². The summed E-state index contributed by atoms with van der Waals surface area (Å²) in [4.78, 5) is 6.23. The smallest absolute Gasteiger partial charge is 0.433 e. The molecule has 0 saturated carbocycles. The van der Waals surface area contributed by atoms with Gasteiger partial charge in [0.25, 0.3) is 0 Å². The van der Waals surface area contributed by atoms with E-state index >= 15 is 0 Å². The quantitative estimate of drug-likeness (QED) is 0.595. The Kier molecular flexibility index (Phi) is 4.94. The van der Waals surface area contributed by atoms with E-state index in [4.69, 9.17) is 4.74 Å². The molecule has 1 atom stereocenters. The van der Waals surface area contributed by atoms with Crippen LogP contribution in [-0.2, 0) is 12.7 Å². The van der Waals surface area contributed by atoms with Gasteiger partial charge in [-0.2, -0.15) is 18.3 Å². The minimum absolute atomic E-state index is 0.162. The van der Waals surface area contributed by atoms with Crippen molar-refractivity contribution >= 4 is 5.65 Å². The third-order valence-electron chi connectivity index (χ3n) is 5.20. The number of hydrogen-bond donors (Lipinski definition) is 0. The minimum atomic E-state index is -4.53. The molecule has 1 aromatic carbocycles. The minimum Gasteiger partial charge on any atom is -0.497 e. The number of benzene rings is 1. The van der Waals surface area contributed by atoms with Crippen LogP contribution in [0.3, 0.4) is 0 Å². The zero-order chi connectivity index (χ0) is 20.8. The fourth-order valence-corrected chi connectivity index (χ4v) is 3.83. The SMILES string of the molecule is COc1ccc(CN2CCC[C@@H]2c2cc3nc(C)cc(C(F)(F)F)n3n2)c(F)c1. The molecular weight excluding hydrogens is 388 g/mol. The first-order valence-electron chi connectivity index (χ1n) is 9.27. The molecule has 0 radical (unpaired) electrons. The molecule has 3 heterocycles. The van der Waals surface area contributed by atoms with Gasteiger partial charge >= 0.3 is 6.18 Å². The zero-order valence-corrected chi connectivity index (χ0v) is 16.0. The van der Waals surface area contributed by atoms with E-state index < -0.39 is 11.9 Å². The van der Waals surface area contributed by atoms with Gasteiger partial charge in [-0.3, -0.25) is 4.90 Å². The molecule has 3 aromatic rings. The summed E-state index contributed by atoms with van der Waals surface area (Å²) in [5, 5.41) is 4.22. The van der Waals surface area contributed by atoms with Crippen molar-refractivity contribution in [1.82, 2.24) is 19.5 Å². The number of rotatable bonds is 4. The lowest BCUT2D eigenvalue weighted by molar-refractivity contribution is -0.142. The number of nitrogens with zero attached hydrogens (tertiary/aromatic N) is 4. The number of hydrogen-bond acceptors (Lipinski definition) is 4. The first kappa shape index (κ1) is 19.6. The Bertz CT molecular complexity index is 1050. The van der Waals surface area contributed by atoms with Crippen LogP contribution in [0.5, 0.6) is 5.75 Å². The summed E-state index contributed by atoms with van der Waals surface area (Å²) >= 11 is 0. The van der Waals surface area contributed by atoms with E-state index in [9.17, 15) is 17.6 Å². The highest BCUT2D eigenvalue weighted by Crippen LogP contribution is 2.35. The topological polar surface area (TPSA) is 42.7 Å². The lowest BCUT2D eigenvalue weighted by Crippen LogP contribution is -2.24. The van der Waals surface area contributed by atoms with Crippen LogP contribution >= 0.6 is 0 Å². The summed E-state index contributed by atoms with van der Waals surface area (Å²) in [6, 6.07) is 7.07. The second kappa shape index (κ2) is 7.29. The molecule has 0 spiro atoms. The second-order valence-electron chi connectivity index (χ2n) is 7.21. The zero-order valence-electron chi connectivity index (χ0n) is 16.0. The van der Waals surface area contributed by atoms with Crippen LogP contribution in [0.25, 0.3) is 5.65 Å². The van der Waals surface area contributed by atoms with Gasteiger partial charge in [-0.15, -0.1) is 0 Å². The molecule has 0 bridgehead atoms. The second-order valence-corrected chi connectivity index (χ2v) is 7.21. The van der Waals surface area contributed by atoms with Crippen LogP contribution in [0, 0.1) is 12.7 Å². The number of aromatic nitrogens is 3. The Morgan fingerprint density at radius 2 is 2.00 bits per heavy atom. The van der Waals surface area contributed by atoms with E-state index in [0.717, 1.165) is 23.4 Å². The van der Waals surface area contributed by atoms with Gasteiger partial charge in [0.2, 0.25) is 0 Å². The molecule has 0 amide bonds. The van der Waals surface area contributed by atoms with Crippen molar-refractivity contribution in [2.75, 3.05) is 13.7 Å². The highest BCUT2D eigenvalue weighted by molar-refractivity contribution is 5.43. The summed E-state index contributed by atoms with van der Waals surface area (Å²) < 4.78 is 60.4. The molecule has 2 aromatic heterocycles. The Morgan fingerprint density at radius 3 is 2.69 bits per heavy atom. The number of halogens is 4. The average Bonchev–Trinajstić information content (AvgIpc) is 3.28. The Balaban J connectivity index is 1.66. The van der Waals surface area contributed by atoms with Gasteiger partial charge in [0.15, 0.2) is 5.65 Å². The third-order valence-corrected chi connectivity index (χ3v) is 5.20. The van der Waals surface area contributed by atoms with Gasteiger partial charge in [0.1, 0.15) is 17.3 Å². The predicted molar refractivity (Wildman–Crippen MR) is 98.1 cm³/mol. The summed E-state index contributed by atoms with van der Waals surface area (Å²) in [6.45, 7) is 2.58. The summed E-state index contributed by atoms with van der Waals surface area (Å²) in [7, 11) is 1.47. The lowest BCUT2D eigenvalue weighted by atomic mass is 10.1. The van der Waals surface area contributed by atoms with Crippen LogP contribution in [0.4, 0.5) is 17.6 Å². The third kappa shape index (κ3) is 3.78. The largest absolute Gasteiger partial charge is 0.497 e. The summed E-state index contributed by atoms with van der Waals surface area (Å²) in [5.41, 5.74) is 0.609. The van der Waals surface area contributed by atoms with Crippen molar-refractivity contribution in [1.29, 1.82) is 0 Å². The Hall–Kier alpha value is -2.68. The number of methoxy groups -OCH3 is 1. The fraction of sp³-hybridized carbons (Fsp3) is 0.400. The van der Waals surface area contributed by atoms with Crippen molar-refractivity contribution in [3.8, 4) is 5.75 Å². The number of ether oxygens (including phenoxy) is 1. The fourth-order valence-electron chi connectivity index (χ4n) is 3.83. The number of aryl methyl sites for hydroxylation is 1.